The minimum absolute atomic E-state index is 0.0833. The van der Waals surface area contributed by atoms with Gasteiger partial charge in [-0.1, -0.05) is 42.5 Å². The zero-order chi connectivity index (χ0) is 27.1. The Kier molecular flexibility index (Phi) is 8.81. The predicted molar refractivity (Wildman–Crippen MR) is 147 cm³/mol. The molecule has 3 aromatic carbocycles. The SMILES string of the molecule is COc1ccc(S(=O)(=O)N2CCCC2)cc1CCC(=O)Nc1ccccc1C(=O)N[C@@H](C)c1ccccc1. The lowest BCUT2D eigenvalue weighted by molar-refractivity contribution is -0.116. The fraction of sp³-hybridized carbons (Fsp3) is 0.310. The molecule has 0 aromatic heterocycles. The summed E-state index contributed by atoms with van der Waals surface area (Å²) in [7, 11) is -2.07. The fourth-order valence-corrected chi connectivity index (χ4v) is 6.11. The Morgan fingerprint density at radius 2 is 1.66 bits per heavy atom. The van der Waals surface area contributed by atoms with Crippen molar-refractivity contribution in [3.05, 3.63) is 89.5 Å². The van der Waals surface area contributed by atoms with E-state index in [9.17, 15) is 18.0 Å². The molecule has 1 aliphatic rings. The molecule has 8 nitrogen and oxygen atoms in total. The molecule has 2 amide bonds. The first-order valence-corrected chi connectivity index (χ1v) is 14.2. The summed E-state index contributed by atoms with van der Waals surface area (Å²) in [5.41, 5.74) is 2.38. The zero-order valence-electron chi connectivity index (χ0n) is 21.6. The van der Waals surface area contributed by atoms with Crippen molar-refractivity contribution in [2.75, 3.05) is 25.5 Å². The number of ether oxygens (including phenoxy) is 1. The maximum absolute atomic E-state index is 13.0. The average molecular weight is 536 g/mol. The summed E-state index contributed by atoms with van der Waals surface area (Å²) in [6.07, 6.45) is 2.07. The van der Waals surface area contributed by atoms with Crippen LogP contribution >= 0.6 is 0 Å². The molecule has 3 aromatic rings. The Morgan fingerprint density at radius 1 is 0.974 bits per heavy atom. The van der Waals surface area contributed by atoms with Crippen LogP contribution < -0.4 is 15.4 Å². The van der Waals surface area contributed by atoms with Gasteiger partial charge in [0.15, 0.2) is 0 Å². The van der Waals surface area contributed by atoms with Crippen LogP contribution in [-0.4, -0.2) is 44.7 Å². The average Bonchev–Trinajstić information content (AvgIpc) is 3.49. The van der Waals surface area contributed by atoms with Crippen LogP contribution in [0.25, 0.3) is 0 Å². The lowest BCUT2D eigenvalue weighted by Crippen LogP contribution is -2.28. The number of hydrogen-bond acceptors (Lipinski definition) is 5. The van der Waals surface area contributed by atoms with E-state index in [1.54, 1.807) is 42.5 Å². The van der Waals surface area contributed by atoms with Gasteiger partial charge in [0.1, 0.15) is 5.75 Å². The smallest absolute Gasteiger partial charge is 0.253 e. The Morgan fingerprint density at radius 3 is 2.37 bits per heavy atom. The molecule has 9 heteroatoms. The third-order valence-corrected chi connectivity index (χ3v) is 8.56. The molecule has 0 saturated carbocycles. The second-order valence-electron chi connectivity index (χ2n) is 9.28. The van der Waals surface area contributed by atoms with Crippen molar-refractivity contribution in [3.8, 4) is 5.75 Å². The summed E-state index contributed by atoms with van der Waals surface area (Å²) >= 11 is 0. The van der Waals surface area contributed by atoms with Crippen molar-refractivity contribution in [2.24, 2.45) is 0 Å². The van der Waals surface area contributed by atoms with Gasteiger partial charge in [-0.3, -0.25) is 9.59 Å². The number of nitrogens with zero attached hydrogens (tertiary/aromatic N) is 1. The number of anilines is 1. The number of carbonyl (C=O) groups is 2. The monoisotopic (exact) mass is 535 g/mol. The van der Waals surface area contributed by atoms with Crippen molar-refractivity contribution in [1.82, 2.24) is 9.62 Å². The number of benzene rings is 3. The number of para-hydroxylation sites is 1. The number of hydrogen-bond donors (Lipinski definition) is 2. The minimum Gasteiger partial charge on any atom is -0.496 e. The van der Waals surface area contributed by atoms with E-state index in [1.807, 2.05) is 37.3 Å². The summed E-state index contributed by atoms with van der Waals surface area (Å²) < 4.78 is 32.9. The number of carbonyl (C=O) groups excluding carboxylic acids is 2. The van der Waals surface area contributed by atoms with Crippen LogP contribution in [0.4, 0.5) is 5.69 Å². The Bertz CT molecular complexity index is 1390. The molecule has 1 atom stereocenters. The van der Waals surface area contributed by atoms with Crippen LogP contribution in [-0.2, 0) is 21.2 Å². The highest BCUT2D eigenvalue weighted by Gasteiger charge is 2.28. The number of sulfonamides is 1. The van der Waals surface area contributed by atoms with Crippen molar-refractivity contribution < 1.29 is 22.7 Å². The molecule has 1 heterocycles. The molecular formula is C29H33N3O5S. The summed E-state index contributed by atoms with van der Waals surface area (Å²) in [5.74, 6) is -0.0668. The number of amides is 2. The highest BCUT2D eigenvalue weighted by molar-refractivity contribution is 7.89. The third-order valence-electron chi connectivity index (χ3n) is 6.67. The quantitative estimate of drug-likeness (QED) is 0.397. The van der Waals surface area contributed by atoms with Crippen molar-refractivity contribution >= 4 is 27.5 Å². The van der Waals surface area contributed by atoms with Gasteiger partial charge in [0, 0.05) is 19.5 Å². The second kappa shape index (κ2) is 12.2. The van der Waals surface area contributed by atoms with Gasteiger partial charge in [0.05, 0.1) is 29.3 Å². The molecule has 200 valence electrons. The first-order valence-electron chi connectivity index (χ1n) is 12.7. The summed E-state index contributed by atoms with van der Waals surface area (Å²) in [4.78, 5) is 26.1. The van der Waals surface area contributed by atoms with E-state index in [2.05, 4.69) is 10.6 Å². The van der Waals surface area contributed by atoms with E-state index < -0.39 is 10.0 Å². The molecule has 0 aliphatic carbocycles. The van der Waals surface area contributed by atoms with E-state index in [0.29, 0.717) is 35.7 Å². The first-order chi connectivity index (χ1) is 18.3. The largest absolute Gasteiger partial charge is 0.496 e. The van der Waals surface area contributed by atoms with E-state index in [-0.39, 0.29) is 35.6 Å². The summed E-state index contributed by atoms with van der Waals surface area (Å²) in [5, 5.41) is 5.81. The van der Waals surface area contributed by atoms with Crippen LogP contribution in [0.3, 0.4) is 0 Å². The van der Waals surface area contributed by atoms with Gasteiger partial charge in [-0.2, -0.15) is 4.31 Å². The van der Waals surface area contributed by atoms with Crippen LogP contribution in [0.15, 0.2) is 77.7 Å². The van der Waals surface area contributed by atoms with E-state index in [4.69, 9.17) is 4.74 Å². The molecule has 2 N–H and O–H groups in total. The zero-order valence-corrected chi connectivity index (χ0v) is 22.5. The van der Waals surface area contributed by atoms with E-state index in [1.165, 1.54) is 11.4 Å². The van der Waals surface area contributed by atoms with Crippen LogP contribution in [0, 0.1) is 0 Å². The number of nitrogens with one attached hydrogen (secondary N) is 2. The predicted octanol–water partition coefficient (Wildman–Crippen LogP) is 4.54. The van der Waals surface area contributed by atoms with Gasteiger partial charge in [0.25, 0.3) is 5.91 Å². The molecule has 0 spiro atoms. The second-order valence-corrected chi connectivity index (χ2v) is 11.2. The van der Waals surface area contributed by atoms with E-state index in [0.717, 1.165) is 18.4 Å². The van der Waals surface area contributed by atoms with Gasteiger partial charge in [-0.05, 0) is 67.6 Å². The van der Waals surface area contributed by atoms with Gasteiger partial charge in [0.2, 0.25) is 15.9 Å². The van der Waals surface area contributed by atoms with Crippen molar-refractivity contribution in [3.63, 3.8) is 0 Å². The Hall–Kier alpha value is -3.69. The summed E-state index contributed by atoms with van der Waals surface area (Å²) in [6, 6.07) is 21.0. The normalized spacial score (nSPS) is 14.6. The molecule has 4 rings (SSSR count). The van der Waals surface area contributed by atoms with Gasteiger partial charge in [-0.15, -0.1) is 0 Å². The van der Waals surface area contributed by atoms with Gasteiger partial charge < -0.3 is 15.4 Å². The van der Waals surface area contributed by atoms with Crippen molar-refractivity contribution in [2.45, 2.75) is 43.5 Å². The van der Waals surface area contributed by atoms with Crippen LogP contribution in [0.2, 0.25) is 0 Å². The molecule has 1 fully saturated rings. The van der Waals surface area contributed by atoms with E-state index >= 15 is 0 Å². The van der Waals surface area contributed by atoms with Crippen LogP contribution in [0.5, 0.6) is 5.75 Å². The number of aryl methyl sites for hydroxylation is 1. The molecular weight excluding hydrogens is 502 g/mol. The molecule has 0 radical (unpaired) electrons. The lowest BCUT2D eigenvalue weighted by Gasteiger charge is -2.17. The maximum Gasteiger partial charge on any atom is 0.253 e. The topological polar surface area (TPSA) is 105 Å². The van der Waals surface area contributed by atoms with Crippen molar-refractivity contribution in [1.29, 1.82) is 0 Å². The first kappa shape index (κ1) is 27.3. The standard InChI is InChI=1S/C29H33N3O5S/c1-21(22-10-4-3-5-11-22)30-29(34)25-12-6-7-13-26(25)31-28(33)17-14-23-20-24(15-16-27(23)37-2)38(35,36)32-18-8-9-19-32/h3-7,10-13,15-16,20-21H,8-9,14,17-19H2,1-2H3,(H,30,34)(H,31,33)/t21-/m0/s1. The molecule has 1 aliphatic heterocycles. The van der Waals surface area contributed by atoms with Crippen LogP contribution in [0.1, 0.15) is 53.7 Å². The maximum atomic E-state index is 13.0. The minimum atomic E-state index is -3.59. The molecule has 0 bridgehead atoms. The fourth-order valence-electron chi connectivity index (χ4n) is 4.54. The molecule has 38 heavy (non-hydrogen) atoms. The molecule has 1 saturated heterocycles. The Labute approximate surface area is 224 Å². The van der Waals surface area contributed by atoms with Gasteiger partial charge in [-0.25, -0.2) is 8.42 Å². The highest BCUT2D eigenvalue weighted by atomic mass is 32.2. The number of methoxy groups -OCH3 is 1. The highest BCUT2D eigenvalue weighted by Crippen LogP contribution is 2.27. The lowest BCUT2D eigenvalue weighted by atomic mass is 10.1. The van der Waals surface area contributed by atoms with Gasteiger partial charge >= 0.3 is 0 Å². The third kappa shape index (κ3) is 6.41. The Balaban J connectivity index is 1.43. The summed E-state index contributed by atoms with van der Waals surface area (Å²) in [6.45, 7) is 2.94. The number of rotatable bonds is 10. The molecule has 0 unspecified atom stereocenters.